The molecule has 0 spiro atoms. The van der Waals surface area contributed by atoms with Crippen LogP contribution in [0, 0.1) is 11.8 Å². The third kappa shape index (κ3) is 2.84. The first-order valence-corrected chi connectivity index (χ1v) is 6.91. The summed E-state index contributed by atoms with van der Waals surface area (Å²) >= 11 is 0. The van der Waals surface area contributed by atoms with Gasteiger partial charge in [0.25, 0.3) is 0 Å². The second-order valence-electron chi connectivity index (χ2n) is 5.80. The largest absolute Gasteiger partial charge is 0.346 e. The molecule has 0 radical (unpaired) electrons. The van der Waals surface area contributed by atoms with Crippen LogP contribution in [0.1, 0.15) is 32.1 Å². The number of likely N-dealkylation sites (tertiary alicyclic amines) is 1. The lowest BCUT2D eigenvalue weighted by molar-refractivity contribution is -0.128. The second kappa shape index (κ2) is 5.64. The van der Waals surface area contributed by atoms with Gasteiger partial charge >= 0.3 is 0 Å². The smallest absolute Gasteiger partial charge is 0.226 e. The predicted molar refractivity (Wildman–Crippen MR) is 74.7 cm³/mol. The molecule has 1 aliphatic heterocycles. The lowest BCUT2D eigenvalue weighted by Gasteiger charge is -2.23. The molecular weight excluding hydrogens is 256 g/mol. The highest BCUT2D eigenvalue weighted by atomic mass is 16.2. The van der Waals surface area contributed by atoms with Crippen molar-refractivity contribution >= 4 is 11.8 Å². The van der Waals surface area contributed by atoms with E-state index in [2.05, 4.69) is 10.3 Å². The van der Waals surface area contributed by atoms with E-state index in [1.807, 2.05) is 31.7 Å². The van der Waals surface area contributed by atoms with Gasteiger partial charge in [-0.15, -0.1) is 0 Å². The second-order valence-corrected chi connectivity index (χ2v) is 5.80. The molecule has 0 saturated carbocycles. The monoisotopic (exact) mass is 278 g/mol. The van der Waals surface area contributed by atoms with Crippen molar-refractivity contribution in [2.75, 3.05) is 13.6 Å². The van der Waals surface area contributed by atoms with Crippen molar-refractivity contribution in [1.29, 1.82) is 0 Å². The topological polar surface area (TPSA) is 67.2 Å². The number of carbonyl (C=O) groups excluding carboxylic acids is 2. The number of hydrogen-bond donors (Lipinski definition) is 1. The van der Waals surface area contributed by atoms with Gasteiger partial charge in [0.1, 0.15) is 5.82 Å². The van der Waals surface area contributed by atoms with E-state index < -0.39 is 0 Å². The van der Waals surface area contributed by atoms with E-state index >= 15 is 0 Å². The lowest BCUT2D eigenvalue weighted by atomic mass is 10.0. The molecule has 6 heteroatoms. The summed E-state index contributed by atoms with van der Waals surface area (Å²) in [5.74, 6) is 0.780. The minimum Gasteiger partial charge on any atom is -0.346 e. The molecule has 20 heavy (non-hydrogen) atoms. The number of nitrogens with one attached hydrogen (secondary N) is 1. The van der Waals surface area contributed by atoms with E-state index in [-0.39, 0.29) is 29.7 Å². The summed E-state index contributed by atoms with van der Waals surface area (Å²) < 4.78 is 1.91. The van der Waals surface area contributed by atoms with Gasteiger partial charge in [0, 0.05) is 39.5 Å². The zero-order valence-electron chi connectivity index (χ0n) is 12.5. The Morgan fingerprint density at radius 1 is 1.45 bits per heavy atom. The highest BCUT2D eigenvalue weighted by Crippen LogP contribution is 2.22. The van der Waals surface area contributed by atoms with Crippen LogP contribution in [0.25, 0.3) is 0 Å². The third-order valence-electron chi connectivity index (χ3n) is 3.81. The van der Waals surface area contributed by atoms with Crippen LogP contribution < -0.4 is 5.32 Å². The molecule has 2 rings (SSSR count). The summed E-state index contributed by atoms with van der Waals surface area (Å²) in [6.07, 6.45) is 3.89. The standard InChI is InChI=1S/C14H22N4O2/c1-9(2)12(13-15-5-6-17(13)3)16-14(20)10-7-11(19)18(4)8-10/h5-6,9-10,12H,7-8H2,1-4H3,(H,16,20)/t10-,12+/m0/s1. The molecule has 1 aromatic heterocycles. The first-order valence-electron chi connectivity index (χ1n) is 6.91. The number of hydrogen-bond acceptors (Lipinski definition) is 3. The summed E-state index contributed by atoms with van der Waals surface area (Å²) in [4.78, 5) is 29.8. The average Bonchev–Trinajstić information content (AvgIpc) is 2.93. The number of imidazole rings is 1. The molecule has 2 atom stereocenters. The van der Waals surface area contributed by atoms with Gasteiger partial charge in [-0.2, -0.15) is 0 Å². The molecule has 0 bridgehead atoms. The van der Waals surface area contributed by atoms with E-state index in [4.69, 9.17) is 0 Å². The Balaban J connectivity index is 2.08. The Labute approximate surface area is 119 Å². The molecule has 1 N–H and O–H groups in total. The first kappa shape index (κ1) is 14.6. The van der Waals surface area contributed by atoms with Crippen LogP contribution in [0.5, 0.6) is 0 Å². The van der Waals surface area contributed by atoms with E-state index in [9.17, 15) is 9.59 Å². The Morgan fingerprint density at radius 2 is 2.15 bits per heavy atom. The Morgan fingerprint density at radius 3 is 2.60 bits per heavy atom. The van der Waals surface area contributed by atoms with Gasteiger partial charge in [0.2, 0.25) is 11.8 Å². The van der Waals surface area contributed by atoms with Crippen molar-refractivity contribution < 1.29 is 9.59 Å². The van der Waals surface area contributed by atoms with Crippen molar-refractivity contribution in [1.82, 2.24) is 19.8 Å². The van der Waals surface area contributed by atoms with Gasteiger partial charge in [-0.1, -0.05) is 13.8 Å². The first-order chi connectivity index (χ1) is 9.40. The van der Waals surface area contributed by atoms with Crippen LogP contribution in [-0.2, 0) is 16.6 Å². The van der Waals surface area contributed by atoms with Crippen LogP contribution in [0.3, 0.4) is 0 Å². The summed E-state index contributed by atoms with van der Waals surface area (Å²) in [6, 6.07) is -0.136. The number of amides is 2. The van der Waals surface area contributed by atoms with Crippen LogP contribution in [0.15, 0.2) is 12.4 Å². The number of carbonyl (C=O) groups is 2. The fourth-order valence-electron chi connectivity index (χ4n) is 2.52. The van der Waals surface area contributed by atoms with Gasteiger partial charge in [-0.05, 0) is 5.92 Å². The summed E-state index contributed by atoms with van der Waals surface area (Å²) in [7, 11) is 3.64. The van der Waals surface area contributed by atoms with Gasteiger partial charge in [-0.3, -0.25) is 9.59 Å². The third-order valence-corrected chi connectivity index (χ3v) is 3.81. The van der Waals surface area contributed by atoms with Crippen LogP contribution >= 0.6 is 0 Å². The zero-order chi connectivity index (χ0) is 14.9. The average molecular weight is 278 g/mol. The van der Waals surface area contributed by atoms with Gasteiger partial charge in [0.15, 0.2) is 0 Å². The maximum atomic E-state index is 12.3. The van der Waals surface area contributed by atoms with Crippen LogP contribution in [0.4, 0.5) is 0 Å². The highest BCUT2D eigenvalue weighted by molar-refractivity contribution is 5.89. The normalized spacial score (nSPS) is 20.6. The minimum atomic E-state index is -0.256. The minimum absolute atomic E-state index is 0.0308. The predicted octanol–water partition coefficient (Wildman–Crippen LogP) is 0.712. The molecule has 1 fully saturated rings. The van der Waals surface area contributed by atoms with Gasteiger partial charge in [0.05, 0.1) is 12.0 Å². The number of nitrogens with zero attached hydrogens (tertiary/aromatic N) is 3. The molecule has 2 heterocycles. The van der Waals surface area contributed by atoms with E-state index in [0.717, 1.165) is 5.82 Å². The summed E-state index contributed by atoms with van der Waals surface area (Å²) in [5, 5.41) is 3.04. The Kier molecular flexibility index (Phi) is 4.11. The molecule has 0 aromatic carbocycles. The van der Waals surface area contributed by atoms with Gasteiger partial charge in [-0.25, -0.2) is 4.98 Å². The van der Waals surface area contributed by atoms with Crippen LogP contribution in [-0.4, -0.2) is 39.9 Å². The maximum absolute atomic E-state index is 12.3. The quantitative estimate of drug-likeness (QED) is 0.882. The molecule has 6 nitrogen and oxygen atoms in total. The fraction of sp³-hybridized carbons (Fsp3) is 0.643. The van der Waals surface area contributed by atoms with Crippen molar-refractivity contribution in [2.24, 2.45) is 18.9 Å². The van der Waals surface area contributed by atoms with Crippen molar-refractivity contribution in [3.8, 4) is 0 Å². The summed E-state index contributed by atoms with van der Waals surface area (Å²) in [5.41, 5.74) is 0. The highest BCUT2D eigenvalue weighted by Gasteiger charge is 2.34. The van der Waals surface area contributed by atoms with E-state index in [0.29, 0.717) is 13.0 Å². The van der Waals surface area contributed by atoms with Crippen molar-refractivity contribution in [3.05, 3.63) is 18.2 Å². The number of rotatable bonds is 4. The number of aromatic nitrogens is 2. The fourth-order valence-corrected chi connectivity index (χ4v) is 2.52. The maximum Gasteiger partial charge on any atom is 0.226 e. The summed E-state index contributed by atoms with van der Waals surface area (Å²) in [6.45, 7) is 4.59. The molecular formula is C14H22N4O2. The Bertz CT molecular complexity index is 509. The lowest BCUT2D eigenvalue weighted by Crippen LogP contribution is -2.38. The van der Waals surface area contributed by atoms with Crippen LogP contribution in [0.2, 0.25) is 0 Å². The van der Waals surface area contributed by atoms with E-state index in [1.165, 1.54) is 0 Å². The van der Waals surface area contributed by atoms with Crippen molar-refractivity contribution in [3.63, 3.8) is 0 Å². The van der Waals surface area contributed by atoms with E-state index in [1.54, 1.807) is 18.1 Å². The molecule has 110 valence electrons. The molecule has 1 aromatic rings. The number of aryl methyl sites for hydroxylation is 1. The van der Waals surface area contributed by atoms with Crippen molar-refractivity contribution in [2.45, 2.75) is 26.3 Å². The van der Waals surface area contributed by atoms with Gasteiger partial charge < -0.3 is 14.8 Å². The molecule has 1 saturated heterocycles. The Hall–Kier alpha value is -1.85. The SMILES string of the molecule is CC(C)[C@@H](NC(=O)[C@H]1CC(=O)N(C)C1)c1nccn1C. The molecule has 1 aliphatic rings. The molecule has 0 aliphatic carbocycles. The zero-order valence-corrected chi connectivity index (χ0v) is 12.5. The molecule has 0 unspecified atom stereocenters. The molecule has 2 amide bonds.